The summed E-state index contributed by atoms with van der Waals surface area (Å²) in [6.07, 6.45) is 3.99. The molecule has 0 bridgehead atoms. The van der Waals surface area contributed by atoms with E-state index in [1.165, 1.54) is 0 Å². The van der Waals surface area contributed by atoms with Gasteiger partial charge in [0.05, 0.1) is 18.6 Å². The van der Waals surface area contributed by atoms with Gasteiger partial charge in [-0.1, -0.05) is 0 Å². The van der Waals surface area contributed by atoms with E-state index in [1.54, 1.807) is 7.05 Å². The molecule has 1 spiro atoms. The molecule has 2 fully saturated rings. The summed E-state index contributed by atoms with van der Waals surface area (Å²) in [6, 6.07) is 0.461. The zero-order valence-electron chi connectivity index (χ0n) is 12.3. The first-order valence-electron chi connectivity index (χ1n) is 7.21. The molecule has 2 aliphatic rings. The van der Waals surface area contributed by atoms with Gasteiger partial charge >= 0.3 is 0 Å². The van der Waals surface area contributed by atoms with Gasteiger partial charge < -0.3 is 20.1 Å². The Hall–Kier alpha value is -0.650. The van der Waals surface area contributed by atoms with Crippen LogP contribution in [-0.2, 0) is 14.3 Å². The Kier molecular flexibility index (Phi) is 4.48. The number of carbonyl (C=O) groups is 1. The molecule has 19 heavy (non-hydrogen) atoms. The van der Waals surface area contributed by atoms with Crippen LogP contribution in [0.15, 0.2) is 0 Å². The third-order valence-electron chi connectivity index (χ3n) is 4.24. The molecule has 110 valence electrons. The van der Waals surface area contributed by atoms with Gasteiger partial charge in [0.2, 0.25) is 5.91 Å². The van der Waals surface area contributed by atoms with Crippen LogP contribution in [0.3, 0.4) is 0 Å². The number of ether oxygens (including phenoxy) is 2. The first-order chi connectivity index (χ1) is 8.97. The van der Waals surface area contributed by atoms with Crippen LogP contribution < -0.4 is 10.6 Å². The molecular formula is C14H26N2O3. The van der Waals surface area contributed by atoms with Crippen molar-refractivity contribution in [3.63, 3.8) is 0 Å². The molecule has 0 aromatic heterocycles. The zero-order valence-corrected chi connectivity index (χ0v) is 12.3. The first-order valence-corrected chi connectivity index (χ1v) is 7.21. The highest BCUT2D eigenvalue weighted by Crippen LogP contribution is 2.35. The van der Waals surface area contributed by atoms with Crippen molar-refractivity contribution in [1.82, 2.24) is 10.6 Å². The minimum Gasteiger partial charge on any atom is -0.359 e. The van der Waals surface area contributed by atoms with E-state index in [0.717, 1.165) is 38.9 Å². The first kappa shape index (κ1) is 14.8. The lowest BCUT2D eigenvalue weighted by Crippen LogP contribution is -2.47. The van der Waals surface area contributed by atoms with Crippen molar-refractivity contribution in [3.8, 4) is 0 Å². The molecule has 1 amide bonds. The van der Waals surface area contributed by atoms with Crippen molar-refractivity contribution in [2.75, 3.05) is 26.8 Å². The highest BCUT2D eigenvalue weighted by Gasteiger charge is 2.40. The van der Waals surface area contributed by atoms with Crippen molar-refractivity contribution in [1.29, 1.82) is 0 Å². The normalized spacial score (nSPS) is 23.7. The SMILES string of the molecule is CNC(=O)C(C)(C)CNC1CCC2(CC1)OCCO2. The largest absolute Gasteiger partial charge is 0.359 e. The van der Waals surface area contributed by atoms with Gasteiger partial charge in [0.15, 0.2) is 5.79 Å². The van der Waals surface area contributed by atoms with Crippen molar-refractivity contribution in [2.24, 2.45) is 5.41 Å². The average molecular weight is 270 g/mol. The summed E-state index contributed by atoms with van der Waals surface area (Å²) < 4.78 is 11.4. The average Bonchev–Trinajstić information content (AvgIpc) is 2.85. The Morgan fingerprint density at radius 2 is 1.84 bits per heavy atom. The fraction of sp³-hybridized carbons (Fsp3) is 0.929. The molecule has 1 aliphatic carbocycles. The number of hydrogen-bond acceptors (Lipinski definition) is 4. The van der Waals surface area contributed by atoms with E-state index in [2.05, 4.69) is 10.6 Å². The minimum atomic E-state index is -0.371. The monoisotopic (exact) mass is 270 g/mol. The quantitative estimate of drug-likeness (QED) is 0.801. The van der Waals surface area contributed by atoms with Gasteiger partial charge in [-0.05, 0) is 26.7 Å². The molecule has 0 atom stereocenters. The van der Waals surface area contributed by atoms with Crippen LogP contribution in [0.5, 0.6) is 0 Å². The molecule has 1 heterocycles. The maximum Gasteiger partial charge on any atom is 0.226 e. The van der Waals surface area contributed by atoms with Crippen LogP contribution in [0, 0.1) is 5.41 Å². The van der Waals surface area contributed by atoms with Gasteiger partial charge in [-0.15, -0.1) is 0 Å². The predicted octanol–water partition coefficient (Wildman–Crippen LogP) is 1.03. The van der Waals surface area contributed by atoms with Crippen LogP contribution in [0.25, 0.3) is 0 Å². The van der Waals surface area contributed by atoms with Crippen molar-refractivity contribution in [3.05, 3.63) is 0 Å². The van der Waals surface area contributed by atoms with E-state index in [9.17, 15) is 4.79 Å². The summed E-state index contributed by atoms with van der Waals surface area (Å²) in [5.74, 6) is -0.219. The maximum absolute atomic E-state index is 11.7. The van der Waals surface area contributed by atoms with E-state index in [-0.39, 0.29) is 17.1 Å². The number of hydrogen-bond donors (Lipinski definition) is 2. The Balaban J connectivity index is 1.75. The van der Waals surface area contributed by atoms with Crippen LogP contribution in [0.4, 0.5) is 0 Å². The van der Waals surface area contributed by atoms with Gasteiger partial charge in [0, 0.05) is 32.5 Å². The molecule has 2 N–H and O–H groups in total. The van der Waals surface area contributed by atoms with Crippen LogP contribution in [0.1, 0.15) is 39.5 Å². The lowest BCUT2D eigenvalue weighted by Gasteiger charge is -2.36. The number of nitrogens with one attached hydrogen (secondary N) is 2. The summed E-state index contributed by atoms with van der Waals surface area (Å²) in [7, 11) is 1.68. The summed E-state index contributed by atoms with van der Waals surface area (Å²) in [6.45, 7) is 6.08. The predicted molar refractivity (Wildman–Crippen MR) is 72.7 cm³/mol. The van der Waals surface area contributed by atoms with Crippen molar-refractivity contribution in [2.45, 2.75) is 51.4 Å². The number of carbonyl (C=O) groups excluding carboxylic acids is 1. The summed E-state index contributed by atoms with van der Waals surface area (Å²) in [5, 5.41) is 6.23. The lowest BCUT2D eigenvalue weighted by atomic mass is 9.87. The number of rotatable bonds is 4. The van der Waals surface area contributed by atoms with Crippen molar-refractivity contribution >= 4 is 5.91 Å². The Bertz CT molecular complexity index is 315. The smallest absolute Gasteiger partial charge is 0.226 e. The minimum absolute atomic E-state index is 0.0785. The molecule has 0 unspecified atom stereocenters. The Labute approximate surface area is 115 Å². The summed E-state index contributed by atoms with van der Waals surface area (Å²) in [5.41, 5.74) is -0.371. The van der Waals surface area contributed by atoms with E-state index in [4.69, 9.17) is 9.47 Å². The highest BCUT2D eigenvalue weighted by molar-refractivity contribution is 5.81. The second-order valence-electron chi connectivity index (χ2n) is 6.23. The third-order valence-corrected chi connectivity index (χ3v) is 4.24. The van der Waals surface area contributed by atoms with E-state index in [1.807, 2.05) is 13.8 Å². The Morgan fingerprint density at radius 3 is 2.37 bits per heavy atom. The van der Waals surface area contributed by atoms with Crippen molar-refractivity contribution < 1.29 is 14.3 Å². The van der Waals surface area contributed by atoms with E-state index in [0.29, 0.717) is 12.6 Å². The third kappa shape index (κ3) is 3.46. The second kappa shape index (κ2) is 5.77. The molecule has 1 aliphatic heterocycles. The molecule has 0 aromatic rings. The van der Waals surface area contributed by atoms with Gasteiger partial charge in [-0.25, -0.2) is 0 Å². The summed E-state index contributed by atoms with van der Waals surface area (Å²) >= 11 is 0. The standard InChI is InChI=1S/C14H26N2O3/c1-13(2,12(17)15-3)10-16-11-4-6-14(7-5-11)18-8-9-19-14/h11,16H,4-10H2,1-3H3,(H,15,17). The number of amides is 1. The van der Waals surface area contributed by atoms with E-state index >= 15 is 0 Å². The lowest BCUT2D eigenvalue weighted by molar-refractivity contribution is -0.179. The van der Waals surface area contributed by atoms with Crippen LogP contribution in [-0.4, -0.2) is 44.5 Å². The molecular weight excluding hydrogens is 244 g/mol. The van der Waals surface area contributed by atoms with E-state index < -0.39 is 0 Å². The molecule has 1 saturated heterocycles. The topological polar surface area (TPSA) is 59.6 Å². The van der Waals surface area contributed by atoms with Gasteiger partial charge in [0.1, 0.15) is 0 Å². The maximum atomic E-state index is 11.7. The van der Waals surface area contributed by atoms with Crippen LogP contribution in [0.2, 0.25) is 0 Å². The fourth-order valence-electron chi connectivity index (χ4n) is 2.87. The van der Waals surface area contributed by atoms with Gasteiger partial charge in [0.25, 0.3) is 0 Å². The van der Waals surface area contributed by atoms with Gasteiger partial charge in [-0.2, -0.15) is 0 Å². The molecule has 0 aromatic carbocycles. The fourth-order valence-corrected chi connectivity index (χ4v) is 2.87. The highest BCUT2D eigenvalue weighted by atomic mass is 16.7. The second-order valence-corrected chi connectivity index (χ2v) is 6.23. The van der Waals surface area contributed by atoms with Crippen LogP contribution >= 0.6 is 0 Å². The van der Waals surface area contributed by atoms with Gasteiger partial charge in [-0.3, -0.25) is 4.79 Å². The Morgan fingerprint density at radius 1 is 1.26 bits per heavy atom. The molecule has 2 rings (SSSR count). The zero-order chi connectivity index (χ0) is 13.9. The molecule has 5 heteroatoms. The summed E-state index contributed by atoms with van der Waals surface area (Å²) in [4.78, 5) is 11.7. The molecule has 1 saturated carbocycles. The molecule has 0 radical (unpaired) electrons. The molecule has 5 nitrogen and oxygen atoms in total.